The van der Waals surface area contributed by atoms with Crippen molar-refractivity contribution >= 4 is 6.92 Å². The van der Waals surface area contributed by atoms with Gasteiger partial charge >= 0.3 is 0 Å². The molecule has 2 fully saturated rings. The van der Waals surface area contributed by atoms with Crippen molar-refractivity contribution in [3.05, 3.63) is 0 Å². The zero-order valence-electron chi connectivity index (χ0n) is 8.96. The molecule has 0 aromatic heterocycles. The Morgan fingerprint density at radius 3 is 2.69 bits per heavy atom. The molecule has 74 valence electrons. The van der Waals surface area contributed by atoms with Gasteiger partial charge in [0.05, 0.1) is 0 Å². The molecule has 2 rings (SSSR count). The van der Waals surface area contributed by atoms with Gasteiger partial charge in [0.15, 0.2) is 0 Å². The summed E-state index contributed by atoms with van der Waals surface area (Å²) < 4.78 is 5.51. The second-order valence-electron chi connectivity index (χ2n) is 5.22. The molecule has 2 aliphatic rings. The molecule has 0 radical (unpaired) electrons. The van der Waals surface area contributed by atoms with Crippen LogP contribution in [0.3, 0.4) is 0 Å². The molecular weight excluding hydrogens is 159 g/mol. The van der Waals surface area contributed by atoms with Crippen LogP contribution in [0, 0.1) is 17.8 Å². The van der Waals surface area contributed by atoms with Gasteiger partial charge in [-0.05, 0) is 49.7 Å². The van der Waals surface area contributed by atoms with E-state index in [9.17, 15) is 0 Å². The molecule has 3 unspecified atom stereocenters. The molecule has 13 heavy (non-hydrogen) atoms. The van der Waals surface area contributed by atoms with Crippen LogP contribution in [0.1, 0.15) is 32.6 Å². The van der Waals surface area contributed by atoms with Gasteiger partial charge in [-0.2, -0.15) is 0 Å². The maximum atomic E-state index is 5.51. The minimum Gasteiger partial charge on any atom is -0.438 e. The van der Waals surface area contributed by atoms with E-state index in [1.807, 2.05) is 7.11 Å². The first-order valence-electron chi connectivity index (χ1n) is 5.80. The molecule has 1 saturated carbocycles. The highest BCUT2D eigenvalue weighted by molar-refractivity contribution is 6.51. The average molecular weight is 180 g/mol. The fourth-order valence-corrected chi connectivity index (χ4v) is 3.45. The Morgan fingerprint density at radius 2 is 1.92 bits per heavy atom. The van der Waals surface area contributed by atoms with Crippen molar-refractivity contribution in [3.63, 3.8) is 0 Å². The molecule has 2 heteroatoms. The highest BCUT2D eigenvalue weighted by atomic mass is 16.4. The SMILES string of the molecule is COB1CCC2CC(C)CC(C1)C2. The summed E-state index contributed by atoms with van der Waals surface area (Å²) >= 11 is 0. The van der Waals surface area contributed by atoms with Gasteiger partial charge in [-0.1, -0.05) is 13.3 Å². The third-order valence-corrected chi connectivity index (χ3v) is 3.96. The third kappa shape index (κ3) is 2.28. The molecule has 0 amide bonds. The zero-order chi connectivity index (χ0) is 9.26. The summed E-state index contributed by atoms with van der Waals surface area (Å²) in [5.74, 6) is 2.97. The fourth-order valence-electron chi connectivity index (χ4n) is 3.45. The molecule has 2 bridgehead atoms. The number of fused-ring (bicyclic) bond motifs is 2. The van der Waals surface area contributed by atoms with E-state index in [1.54, 1.807) is 0 Å². The van der Waals surface area contributed by atoms with Gasteiger partial charge in [-0.3, -0.25) is 0 Å². The van der Waals surface area contributed by atoms with Crippen LogP contribution in [0.15, 0.2) is 0 Å². The first-order chi connectivity index (χ1) is 6.28. The van der Waals surface area contributed by atoms with Crippen molar-refractivity contribution in [2.75, 3.05) is 7.11 Å². The second kappa shape index (κ2) is 4.04. The minimum absolute atomic E-state index is 0.570. The predicted octanol–water partition coefficient (Wildman–Crippen LogP) is 3.08. The quantitative estimate of drug-likeness (QED) is 0.563. The maximum Gasteiger partial charge on any atom is 0.292 e. The monoisotopic (exact) mass is 180 g/mol. The van der Waals surface area contributed by atoms with Crippen LogP contribution >= 0.6 is 0 Å². The van der Waals surface area contributed by atoms with E-state index in [4.69, 9.17) is 4.65 Å². The Balaban J connectivity index is 1.98. The van der Waals surface area contributed by atoms with Gasteiger partial charge < -0.3 is 4.65 Å². The summed E-state index contributed by atoms with van der Waals surface area (Å²) in [7, 11) is 1.88. The Bertz CT molecular complexity index is 171. The lowest BCUT2D eigenvalue weighted by Crippen LogP contribution is -2.21. The third-order valence-electron chi connectivity index (χ3n) is 3.96. The summed E-state index contributed by atoms with van der Waals surface area (Å²) in [4.78, 5) is 0. The van der Waals surface area contributed by atoms with Crippen molar-refractivity contribution in [2.24, 2.45) is 17.8 Å². The first-order valence-corrected chi connectivity index (χ1v) is 5.80. The van der Waals surface area contributed by atoms with Crippen molar-refractivity contribution in [2.45, 2.75) is 45.2 Å². The number of rotatable bonds is 1. The van der Waals surface area contributed by atoms with Crippen LogP contribution in [0.5, 0.6) is 0 Å². The topological polar surface area (TPSA) is 9.23 Å². The minimum atomic E-state index is 0.570. The lowest BCUT2D eigenvalue weighted by molar-refractivity contribution is 0.220. The summed E-state index contributed by atoms with van der Waals surface area (Å²) in [5.41, 5.74) is 0. The van der Waals surface area contributed by atoms with Crippen molar-refractivity contribution < 1.29 is 4.65 Å². The van der Waals surface area contributed by atoms with Crippen molar-refractivity contribution in [3.8, 4) is 0 Å². The van der Waals surface area contributed by atoms with E-state index in [0.29, 0.717) is 6.92 Å². The highest BCUT2D eigenvalue weighted by Gasteiger charge is 2.33. The zero-order valence-corrected chi connectivity index (χ0v) is 8.96. The summed E-state index contributed by atoms with van der Waals surface area (Å²) in [5, 5.41) is 0. The molecule has 1 saturated heterocycles. The van der Waals surface area contributed by atoms with Crippen molar-refractivity contribution in [1.82, 2.24) is 0 Å². The Hall–Kier alpha value is 0.0249. The van der Waals surface area contributed by atoms with Gasteiger partial charge in [0.25, 0.3) is 6.92 Å². The van der Waals surface area contributed by atoms with Crippen LogP contribution in [0.4, 0.5) is 0 Å². The molecule has 0 aromatic rings. The van der Waals surface area contributed by atoms with E-state index in [-0.39, 0.29) is 0 Å². The lowest BCUT2D eigenvalue weighted by Gasteiger charge is -2.31. The molecule has 3 atom stereocenters. The molecule has 0 spiro atoms. The van der Waals surface area contributed by atoms with E-state index in [1.165, 1.54) is 38.3 Å². The fraction of sp³-hybridized carbons (Fsp3) is 1.00. The summed E-state index contributed by atoms with van der Waals surface area (Å²) in [6.45, 7) is 2.99. The molecule has 1 aliphatic carbocycles. The summed E-state index contributed by atoms with van der Waals surface area (Å²) in [6.07, 6.45) is 8.48. The predicted molar refractivity (Wildman–Crippen MR) is 57.0 cm³/mol. The van der Waals surface area contributed by atoms with Crippen molar-refractivity contribution in [1.29, 1.82) is 0 Å². The lowest BCUT2D eigenvalue weighted by atomic mass is 9.58. The van der Waals surface area contributed by atoms with Gasteiger partial charge in [0.2, 0.25) is 0 Å². The van der Waals surface area contributed by atoms with Crippen LogP contribution < -0.4 is 0 Å². The molecule has 1 heterocycles. The highest BCUT2D eigenvalue weighted by Crippen LogP contribution is 2.41. The van der Waals surface area contributed by atoms with E-state index in [0.717, 1.165) is 17.8 Å². The standard InChI is InChI=1S/C11H21BO/c1-9-5-10-3-4-12(13-2)8-11(6-9)7-10/h9-11H,3-8H2,1-2H3. The Morgan fingerprint density at radius 1 is 1.15 bits per heavy atom. The normalized spacial score (nSPS) is 40.2. The molecule has 0 N–H and O–H groups in total. The largest absolute Gasteiger partial charge is 0.438 e. The Labute approximate surface area is 82.3 Å². The molecule has 1 nitrogen and oxygen atoms in total. The van der Waals surface area contributed by atoms with Crippen LogP contribution in [-0.4, -0.2) is 14.0 Å². The van der Waals surface area contributed by atoms with E-state index >= 15 is 0 Å². The first kappa shape index (κ1) is 9.58. The van der Waals surface area contributed by atoms with Crippen LogP contribution in [-0.2, 0) is 4.65 Å². The van der Waals surface area contributed by atoms with E-state index in [2.05, 4.69) is 6.92 Å². The van der Waals surface area contributed by atoms with Gasteiger partial charge in [0, 0.05) is 7.11 Å². The number of hydrogen-bond donors (Lipinski definition) is 0. The van der Waals surface area contributed by atoms with Gasteiger partial charge in [0.1, 0.15) is 0 Å². The second-order valence-corrected chi connectivity index (χ2v) is 5.22. The molecular formula is C11H21BO. The van der Waals surface area contributed by atoms with Crippen LogP contribution in [0.2, 0.25) is 12.6 Å². The molecule has 0 aromatic carbocycles. The average Bonchev–Trinajstić information content (AvgIpc) is 2.24. The van der Waals surface area contributed by atoms with E-state index < -0.39 is 0 Å². The Kier molecular flexibility index (Phi) is 2.97. The summed E-state index contributed by atoms with van der Waals surface area (Å²) in [6, 6.07) is 0. The smallest absolute Gasteiger partial charge is 0.292 e. The van der Waals surface area contributed by atoms with Crippen LogP contribution in [0.25, 0.3) is 0 Å². The molecule has 1 aliphatic heterocycles. The maximum absolute atomic E-state index is 5.51. The number of hydrogen-bond acceptors (Lipinski definition) is 1. The van der Waals surface area contributed by atoms with Gasteiger partial charge in [-0.25, -0.2) is 0 Å². The van der Waals surface area contributed by atoms with Gasteiger partial charge in [-0.15, -0.1) is 0 Å².